The van der Waals surface area contributed by atoms with E-state index in [-0.39, 0.29) is 5.91 Å². The largest absolute Gasteiger partial charge is 0.340 e. The number of nitrogens with zero attached hydrogens (tertiary/aromatic N) is 3. The quantitative estimate of drug-likeness (QED) is 0.605. The van der Waals surface area contributed by atoms with Crippen LogP contribution in [-0.4, -0.2) is 68.2 Å². The third-order valence-corrected chi connectivity index (χ3v) is 9.20. The Morgan fingerprint density at radius 2 is 1.96 bits per heavy atom. The van der Waals surface area contributed by atoms with Crippen molar-refractivity contribution in [2.24, 2.45) is 0 Å². The predicted molar refractivity (Wildman–Crippen MR) is 115 cm³/mol. The molecule has 3 rings (SSSR count). The van der Waals surface area contributed by atoms with E-state index in [1.165, 1.54) is 20.5 Å². The lowest BCUT2D eigenvalue weighted by Crippen LogP contribution is -2.48. The van der Waals surface area contributed by atoms with Crippen molar-refractivity contribution in [2.75, 3.05) is 39.8 Å². The third kappa shape index (κ3) is 5.55. The fraction of sp³-hybridized carbons (Fsp3) is 0.500. The molecule has 2 aromatic rings. The summed E-state index contributed by atoms with van der Waals surface area (Å²) in [7, 11) is -1.88. The van der Waals surface area contributed by atoms with Gasteiger partial charge in [-0.1, -0.05) is 17.7 Å². The van der Waals surface area contributed by atoms with Gasteiger partial charge in [0.15, 0.2) is 0 Å². The zero-order chi connectivity index (χ0) is 20.1. The van der Waals surface area contributed by atoms with Crippen LogP contribution in [0.3, 0.4) is 0 Å². The molecule has 0 aliphatic carbocycles. The number of thiophene rings is 2. The summed E-state index contributed by atoms with van der Waals surface area (Å²) in [4.78, 5) is 17.9. The van der Waals surface area contributed by atoms with E-state index in [0.29, 0.717) is 36.7 Å². The molecule has 1 aliphatic heterocycles. The number of piperazine rings is 1. The second-order valence-corrected chi connectivity index (χ2v) is 11.7. The van der Waals surface area contributed by atoms with Crippen LogP contribution in [0.1, 0.15) is 17.7 Å². The number of hydrogen-bond acceptors (Lipinski definition) is 6. The Kier molecular flexibility index (Phi) is 7.52. The third-order valence-electron chi connectivity index (χ3n) is 4.76. The van der Waals surface area contributed by atoms with Crippen molar-refractivity contribution in [1.82, 2.24) is 14.1 Å². The maximum atomic E-state index is 12.5. The molecule has 0 unspecified atom stereocenters. The zero-order valence-corrected chi connectivity index (χ0v) is 18.9. The first-order chi connectivity index (χ1) is 13.4. The molecule has 154 valence electrons. The number of carbonyl (C=O) groups excluding carboxylic acids is 1. The zero-order valence-electron chi connectivity index (χ0n) is 15.7. The standard InChI is InChI=1S/C18H24ClN3O3S3/c1-20(28(24,25)18-5-3-13-26-18)8-2-4-17(23)22-11-9-21(10-12-22)14-15-6-7-16(19)27-15/h3,5-7,13H,2,4,8-12,14H2,1H3. The van der Waals surface area contributed by atoms with Gasteiger partial charge in [0.05, 0.1) is 4.34 Å². The predicted octanol–water partition coefficient (Wildman–Crippen LogP) is 3.21. The molecule has 0 atom stereocenters. The molecule has 28 heavy (non-hydrogen) atoms. The van der Waals surface area contributed by atoms with Gasteiger partial charge >= 0.3 is 0 Å². The summed E-state index contributed by atoms with van der Waals surface area (Å²) >= 11 is 8.78. The molecule has 1 aliphatic rings. The number of hydrogen-bond donors (Lipinski definition) is 0. The summed E-state index contributed by atoms with van der Waals surface area (Å²) in [6.07, 6.45) is 0.888. The lowest BCUT2D eigenvalue weighted by Gasteiger charge is -2.34. The first-order valence-corrected chi connectivity index (χ1v) is 12.6. The Hall–Kier alpha value is -0.970. The van der Waals surface area contributed by atoms with Gasteiger partial charge in [-0.05, 0) is 30.0 Å². The Morgan fingerprint density at radius 1 is 1.21 bits per heavy atom. The fourth-order valence-electron chi connectivity index (χ4n) is 3.11. The second-order valence-electron chi connectivity index (χ2n) is 6.72. The van der Waals surface area contributed by atoms with Crippen molar-refractivity contribution in [3.63, 3.8) is 0 Å². The van der Waals surface area contributed by atoms with Gasteiger partial charge in [0.2, 0.25) is 5.91 Å². The van der Waals surface area contributed by atoms with E-state index in [1.54, 1.807) is 35.9 Å². The average Bonchev–Trinajstić information content (AvgIpc) is 3.34. The number of amides is 1. The average molecular weight is 462 g/mol. The van der Waals surface area contributed by atoms with E-state index in [9.17, 15) is 13.2 Å². The van der Waals surface area contributed by atoms with Crippen molar-refractivity contribution >= 4 is 50.2 Å². The number of sulfonamides is 1. The van der Waals surface area contributed by atoms with Gasteiger partial charge in [0.25, 0.3) is 10.0 Å². The van der Waals surface area contributed by atoms with E-state index in [1.807, 2.05) is 17.0 Å². The maximum absolute atomic E-state index is 12.5. The summed E-state index contributed by atoms with van der Waals surface area (Å²) in [6, 6.07) is 7.29. The molecule has 1 fully saturated rings. The second kappa shape index (κ2) is 9.69. The smallest absolute Gasteiger partial charge is 0.252 e. The number of carbonyl (C=O) groups is 1. The number of rotatable bonds is 8. The highest BCUT2D eigenvalue weighted by molar-refractivity contribution is 7.91. The molecule has 0 aromatic carbocycles. The molecule has 10 heteroatoms. The van der Waals surface area contributed by atoms with Crippen molar-refractivity contribution in [2.45, 2.75) is 23.6 Å². The summed E-state index contributed by atoms with van der Waals surface area (Å²) in [5.41, 5.74) is 0. The molecular formula is C18H24ClN3O3S3. The summed E-state index contributed by atoms with van der Waals surface area (Å²) < 4.78 is 27.2. The van der Waals surface area contributed by atoms with Crippen molar-refractivity contribution in [1.29, 1.82) is 0 Å². The Balaban J connectivity index is 1.39. The molecule has 0 N–H and O–H groups in total. The molecule has 0 bridgehead atoms. The molecule has 1 saturated heterocycles. The molecule has 0 saturated carbocycles. The topological polar surface area (TPSA) is 60.9 Å². The first kappa shape index (κ1) is 21.7. The van der Waals surface area contributed by atoms with Crippen LogP contribution in [0.5, 0.6) is 0 Å². The minimum Gasteiger partial charge on any atom is -0.340 e. The maximum Gasteiger partial charge on any atom is 0.252 e. The molecular weight excluding hydrogens is 438 g/mol. The van der Waals surface area contributed by atoms with Crippen molar-refractivity contribution in [3.05, 3.63) is 38.9 Å². The van der Waals surface area contributed by atoms with Crippen LogP contribution < -0.4 is 0 Å². The van der Waals surface area contributed by atoms with E-state index in [0.717, 1.165) is 24.0 Å². The minimum atomic E-state index is -3.44. The first-order valence-electron chi connectivity index (χ1n) is 9.10. The monoisotopic (exact) mass is 461 g/mol. The van der Waals surface area contributed by atoms with Crippen LogP contribution in [0.25, 0.3) is 0 Å². The van der Waals surface area contributed by atoms with Gasteiger partial charge < -0.3 is 4.90 Å². The molecule has 0 spiro atoms. The Bertz CT molecular complexity index is 875. The van der Waals surface area contributed by atoms with Crippen LogP contribution in [0, 0.1) is 0 Å². The lowest BCUT2D eigenvalue weighted by molar-refractivity contribution is -0.133. The molecule has 6 nitrogen and oxygen atoms in total. The van der Waals surface area contributed by atoms with Gasteiger partial charge in [-0.3, -0.25) is 9.69 Å². The van der Waals surface area contributed by atoms with Crippen LogP contribution in [0.15, 0.2) is 33.9 Å². The molecule has 0 radical (unpaired) electrons. The fourth-order valence-corrected chi connectivity index (χ4v) is 6.65. The highest BCUT2D eigenvalue weighted by atomic mass is 35.5. The van der Waals surface area contributed by atoms with E-state index in [4.69, 9.17) is 11.6 Å². The molecule has 2 aromatic heterocycles. The highest BCUT2D eigenvalue weighted by Gasteiger charge is 2.24. The lowest BCUT2D eigenvalue weighted by atomic mass is 10.2. The van der Waals surface area contributed by atoms with Crippen molar-refractivity contribution in [3.8, 4) is 0 Å². The van der Waals surface area contributed by atoms with Gasteiger partial charge in [-0.15, -0.1) is 22.7 Å². The van der Waals surface area contributed by atoms with Crippen LogP contribution in [0.4, 0.5) is 0 Å². The van der Waals surface area contributed by atoms with Gasteiger partial charge in [-0.2, -0.15) is 0 Å². The van der Waals surface area contributed by atoms with E-state index < -0.39 is 10.0 Å². The van der Waals surface area contributed by atoms with Crippen LogP contribution >= 0.6 is 34.3 Å². The van der Waals surface area contributed by atoms with E-state index in [2.05, 4.69) is 4.90 Å². The van der Waals surface area contributed by atoms with Gasteiger partial charge in [0.1, 0.15) is 4.21 Å². The molecule has 1 amide bonds. The summed E-state index contributed by atoms with van der Waals surface area (Å²) in [6.45, 7) is 4.31. The normalized spacial score (nSPS) is 16.0. The SMILES string of the molecule is CN(CCCC(=O)N1CCN(Cc2ccc(Cl)s2)CC1)S(=O)(=O)c1cccs1. The van der Waals surface area contributed by atoms with Gasteiger partial charge in [0, 0.05) is 57.6 Å². The summed E-state index contributed by atoms with van der Waals surface area (Å²) in [5.74, 6) is 0.0979. The minimum absolute atomic E-state index is 0.0979. The Labute approximate surface area is 179 Å². The van der Waals surface area contributed by atoms with Crippen LogP contribution in [-0.2, 0) is 21.4 Å². The van der Waals surface area contributed by atoms with Crippen LogP contribution in [0.2, 0.25) is 4.34 Å². The molecule has 3 heterocycles. The van der Waals surface area contributed by atoms with E-state index >= 15 is 0 Å². The highest BCUT2D eigenvalue weighted by Crippen LogP contribution is 2.23. The summed E-state index contributed by atoms with van der Waals surface area (Å²) in [5, 5.41) is 1.75. The number of halogens is 1. The van der Waals surface area contributed by atoms with Gasteiger partial charge in [-0.25, -0.2) is 12.7 Å². The van der Waals surface area contributed by atoms with Crippen molar-refractivity contribution < 1.29 is 13.2 Å². The Morgan fingerprint density at radius 3 is 2.57 bits per heavy atom.